The highest BCUT2D eigenvalue weighted by atomic mass is 35.5. The minimum atomic E-state index is -1.21. The lowest BCUT2D eigenvalue weighted by Crippen LogP contribution is -2.52. The van der Waals surface area contributed by atoms with Gasteiger partial charge in [-0.3, -0.25) is 4.79 Å². The van der Waals surface area contributed by atoms with E-state index in [1.54, 1.807) is 0 Å². The van der Waals surface area contributed by atoms with Crippen molar-refractivity contribution in [2.45, 2.75) is 24.8 Å². The summed E-state index contributed by atoms with van der Waals surface area (Å²) < 4.78 is 6.09. The molecule has 0 fully saturated rings. The minimum absolute atomic E-state index is 0. The van der Waals surface area contributed by atoms with Crippen LogP contribution in [-0.4, -0.2) is 16.6 Å². The fourth-order valence-corrected chi connectivity index (χ4v) is 3.79. The van der Waals surface area contributed by atoms with Gasteiger partial charge in [-0.05, 0) is 53.6 Å². The standard InChI is InChI=1S/C21H18ClNO3.ClH/c22-17-5-1-3-14-4-2-6-18(19(14)17)26-16-8-7-13-9-10-21(23,20(24)25)12-15(13)11-16;/h1-8,11H,9-10,12,23H2,(H,24,25);1H. The van der Waals surface area contributed by atoms with E-state index in [-0.39, 0.29) is 12.4 Å². The van der Waals surface area contributed by atoms with Crippen molar-refractivity contribution < 1.29 is 14.6 Å². The number of rotatable bonds is 3. The number of halogens is 2. The third-order valence-electron chi connectivity index (χ3n) is 4.99. The first-order valence-corrected chi connectivity index (χ1v) is 8.83. The first-order valence-electron chi connectivity index (χ1n) is 8.45. The Labute approximate surface area is 168 Å². The molecular weight excluding hydrogens is 385 g/mol. The van der Waals surface area contributed by atoms with Gasteiger partial charge in [-0.25, -0.2) is 0 Å². The molecule has 0 saturated heterocycles. The molecule has 0 saturated carbocycles. The molecule has 27 heavy (non-hydrogen) atoms. The zero-order valence-electron chi connectivity index (χ0n) is 14.4. The summed E-state index contributed by atoms with van der Waals surface area (Å²) in [6, 6.07) is 17.3. The van der Waals surface area contributed by atoms with E-state index in [2.05, 4.69) is 0 Å². The summed E-state index contributed by atoms with van der Waals surface area (Å²) in [4.78, 5) is 11.5. The van der Waals surface area contributed by atoms with Gasteiger partial charge in [-0.1, -0.05) is 41.9 Å². The van der Waals surface area contributed by atoms with E-state index in [4.69, 9.17) is 22.1 Å². The quantitative estimate of drug-likeness (QED) is 0.646. The molecule has 3 aromatic rings. The topological polar surface area (TPSA) is 72.6 Å². The molecule has 4 rings (SSSR count). The molecule has 1 aliphatic carbocycles. The van der Waals surface area contributed by atoms with E-state index < -0.39 is 11.5 Å². The third-order valence-corrected chi connectivity index (χ3v) is 5.31. The number of benzene rings is 3. The number of carboxylic acid groups (broad SMARTS) is 1. The van der Waals surface area contributed by atoms with Crippen LogP contribution < -0.4 is 10.5 Å². The molecule has 0 aromatic heterocycles. The van der Waals surface area contributed by atoms with E-state index >= 15 is 0 Å². The van der Waals surface area contributed by atoms with Gasteiger partial charge in [0.25, 0.3) is 0 Å². The predicted octanol–water partition coefficient (Wildman–Crippen LogP) is 4.98. The van der Waals surface area contributed by atoms with Gasteiger partial charge in [0.1, 0.15) is 17.0 Å². The molecular formula is C21H19Cl2NO3. The molecule has 3 N–H and O–H groups in total. The first-order chi connectivity index (χ1) is 12.5. The lowest BCUT2D eigenvalue weighted by atomic mass is 9.78. The van der Waals surface area contributed by atoms with Crippen LogP contribution in [0.15, 0.2) is 54.6 Å². The fourth-order valence-electron chi connectivity index (χ4n) is 3.52. The number of carbonyl (C=O) groups is 1. The second kappa shape index (κ2) is 7.39. The first kappa shape index (κ1) is 19.5. The van der Waals surface area contributed by atoms with Crippen LogP contribution >= 0.6 is 24.0 Å². The maximum atomic E-state index is 11.5. The van der Waals surface area contributed by atoms with Crippen molar-refractivity contribution in [3.8, 4) is 11.5 Å². The van der Waals surface area contributed by atoms with Crippen molar-refractivity contribution >= 4 is 40.7 Å². The van der Waals surface area contributed by atoms with Crippen LogP contribution in [0.25, 0.3) is 10.8 Å². The van der Waals surface area contributed by atoms with Gasteiger partial charge in [0.05, 0.1) is 5.02 Å². The SMILES string of the molecule is Cl.NC1(C(=O)O)CCc2ccc(Oc3cccc4cccc(Cl)c34)cc2C1. The zero-order valence-corrected chi connectivity index (χ0v) is 16.0. The van der Waals surface area contributed by atoms with E-state index in [1.165, 1.54) is 0 Å². The lowest BCUT2D eigenvalue weighted by molar-refractivity contribution is -0.143. The largest absolute Gasteiger partial charge is 0.480 e. The Kier molecular flexibility index (Phi) is 5.33. The van der Waals surface area contributed by atoms with Crippen molar-refractivity contribution in [3.05, 3.63) is 70.7 Å². The van der Waals surface area contributed by atoms with Crippen LogP contribution in [0, 0.1) is 0 Å². The molecule has 0 heterocycles. The molecule has 0 amide bonds. The second-order valence-corrected chi connectivity index (χ2v) is 7.17. The number of hydrogen-bond acceptors (Lipinski definition) is 3. The van der Waals surface area contributed by atoms with E-state index in [1.807, 2.05) is 54.6 Å². The summed E-state index contributed by atoms with van der Waals surface area (Å²) in [5.74, 6) is 0.349. The molecule has 4 nitrogen and oxygen atoms in total. The minimum Gasteiger partial charge on any atom is -0.480 e. The number of ether oxygens (including phenoxy) is 1. The van der Waals surface area contributed by atoms with Crippen molar-refractivity contribution in [1.29, 1.82) is 0 Å². The molecule has 3 aromatic carbocycles. The number of nitrogens with two attached hydrogens (primary N) is 1. The van der Waals surface area contributed by atoms with Gasteiger partial charge in [0, 0.05) is 11.8 Å². The van der Waals surface area contributed by atoms with Gasteiger partial charge in [0.2, 0.25) is 0 Å². The number of fused-ring (bicyclic) bond motifs is 2. The van der Waals surface area contributed by atoms with Crippen molar-refractivity contribution in [2.24, 2.45) is 5.73 Å². The van der Waals surface area contributed by atoms with Gasteiger partial charge in [0.15, 0.2) is 0 Å². The maximum Gasteiger partial charge on any atom is 0.324 e. The van der Waals surface area contributed by atoms with E-state index in [0.29, 0.717) is 35.8 Å². The molecule has 6 heteroatoms. The van der Waals surface area contributed by atoms with Crippen molar-refractivity contribution in [3.63, 3.8) is 0 Å². The fraction of sp³-hybridized carbons (Fsp3) is 0.190. The summed E-state index contributed by atoms with van der Waals surface area (Å²) in [6.07, 6.45) is 1.39. The highest BCUT2D eigenvalue weighted by Gasteiger charge is 2.37. The van der Waals surface area contributed by atoms with Crippen LogP contribution in [0.1, 0.15) is 17.5 Å². The van der Waals surface area contributed by atoms with Crippen LogP contribution in [0.4, 0.5) is 0 Å². The Morgan fingerprint density at radius 3 is 2.59 bits per heavy atom. The third kappa shape index (κ3) is 3.61. The number of aliphatic carboxylic acids is 1. The smallest absolute Gasteiger partial charge is 0.324 e. The number of hydrogen-bond donors (Lipinski definition) is 2. The van der Waals surface area contributed by atoms with Gasteiger partial charge < -0.3 is 15.6 Å². The molecule has 0 spiro atoms. The Balaban J connectivity index is 0.00000210. The van der Waals surface area contributed by atoms with Crippen molar-refractivity contribution in [1.82, 2.24) is 0 Å². The molecule has 0 bridgehead atoms. The molecule has 1 atom stereocenters. The zero-order chi connectivity index (χ0) is 18.3. The summed E-state index contributed by atoms with van der Waals surface area (Å²) in [5.41, 5.74) is 6.88. The van der Waals surface area contributed by atoms with Crippen LogP contribution in [0.5, 0.6) is 11.5 Å². The summed E-state index contributed by atoms with van der Waals surface area (Å²) >= 11 is 6.35. The average Bonchev–Trinajstić information content (AvgIpc) is 2.61. The molecule has 140 valence electrons. The molecule has 1 unspecified atom stereocenters. The van der Waals surface area contributed by atoms with Crippen LogP contribution in [0.2, 0.25) is 5.02 Å². The summed E-state index contributed by atoms with van der Waals surface area (Å²) in [5, 5.41) is 11.9. The van der Waals surface area contributed by atoms with Crippen molar-refractivity contribution in [2.75, 3.05) is 0 Å². The Morgan fingerprint density at radius 1 is 1.11 bits per heavy atom. The predicted molar refractivity (Wildman–Crippen MR) is 109 cm³/mol. The molecule has 1 aliphatic rings. The number of aryl methyl sites for hydroxylation is 1. The number of carboxylic acids is 1. The normalized spacial score (nSPS) is 18.4. The highest BCUT2D eigenvalue weighted by molar-refractivity contribution is 6.36. The monoisotopic (exact) mass is 403 g/mol. The van der Waals surface area contributed by atoms with Gasteiger partial charge >= 0.3 is 5.97 Å². The Hall–Kier alpha value is -2.27. The molecule has 0 radical (unpaired) electrons. The second-order valence-electron chi connectivity index (χ2n) is 6.76. The van der Waals surface area contributed by atoms with E-state index in [0.717, 1.165) is 21.9 Å². The van der Waals surface area contributed by atoms with Gasteiger partial charge in [-0.2, -0.15) is 0 Å². The Bertz CT molecular complexity index is 1020. The van der Waals surface area contributed by atoms with E-state index in [9.17, 15) is 9.90 Å². The maximum absolute atomic E-state index is 11.5. The Morgan fingerprint density at radius 2 is 1.85 bits per heavy atom. The average molecular weight is 404 g/mol. The van der Waals surface area contributed by atoms with Crippen LogP contribution in [-0.2, 0) is 17.6 Å². The molecule has 0 aliphatic heterocycles. The summed E-state index contributed by atoms with van der Waals surface area (Å²) in [7, 11) is 0. The van der Waals surface area contributed by atoms with Gasteiger partial charge in [-0.15, -0.1) is 12.4 Å². The lowest BCUT2D eigenvalue weighted by Gasteiger charge is -2.31. The van der Waals surface area contributed by atoms with Crippen LogP contribution in [0.3, 0.4) is 0 Å². The highest BCUT2D eigenvalue weighted by Crippen LogP contribution is 2.36. The summed E-state index contributed by atoms with van der Waals surface area (Å²) in [6.45, 7) is 0.